The molecule has 2 N–H and O–H groups in total. The van der Waals surface area contributed by atoms with Crippen LogP contribution >= 0.6 is 27.5 Å². The first-order valence-electron chi connectivity index (χ1n) is 16.9. The van der Waals surface area contributed by atoms with Crippen molar-refractivity contribution in [2.75, 3.05) is 11.4 Å². The molecular weight excluding hydrogens is 848 g/mol. The summed E-state index contributed by atoms with van der Waals surface area (Å²) in [5.74, 6) is -1.93. The second kappa shape index (κ2) is 15.4. The Balaban J connectivity index is 1.53. The second-order valence-corrected chi connectivity index (χ2v) is 16.5. The molecule has 6 aromatic rings. The van der Waals surface area contributed by atoms with Crippen molar-refractivity contribution in [2.45, 2.75) is 50.1 Å². The number of hydrogen-bond acceptors (Lipinski definition) is 7. The van der Waals surface area contributed by atoms with Crippen molar-refractivity contribution in [1.82, 2.24) is 24.6 Å². The van der Waals surface area contributed by atoms with Gasteiger partial charge in [0.1, 0.15) is 29.8 Å². The number of amides is 1. The lowest BCUT2D eigenvalue weighted by Gasteiger charge is -2.24. The van der Waals surface area contributed by atoms with Crippen molar-refractivity contribution in [3.05, 3.63) is 121 Å². The Labute approximate surface area is 329 Å². The first-order valence-corrected chi connectivity index (χ1v) is 19.6. The van der Waals surface area contributed by atoms with Crippen LogP contribution in [0.15, 0.2) is 82.1 Å². The molecule has 1 fully saturated rings. The van der Waals surface area contributed by atoms with E-state index in [0.717, 1.165) is 25.7 Å². The molecule has 7 rings (SSSR count). The number of sulfonamides is 1. The number of carboxylic acid groups (broad SMARTS) is 1. The highest BCUT2D eigenvalue weighted by atomic mass is 79.9. The number of rotatable bonds is 13. The molecule has 1 saturated carbocycles. The minimum absolute atomic E-state index is 0.00197. The van der Waals surface area contributed by atoms with Gasteiger partial charge in [-0.05, 0) is 78.6 Å². The van der Waals surface area contributed by atoms with E-state index in [1.165, 1.54) is 31.4 Å². The van der Waals surface area contributed by atoms with Gasteiger partial charge in [0.05, 0.1) is 57.5 Å². The van der Waals surface area contributed by atoms with Gasteiger partial charge in [-0.15, -0.1) is 0 Å². The highest BCUT2D eigenvalue weighted by Gasteiger charge is 2.42. The molecule has 292 valence electrons. The fraction of sp³-hybridized carbons (Fsp3) is 0.243. The van der Waals surface area contributed by atoms with Crippen LogP contribution in [0.1, 0.15) is 35.8 Å². The van der Waals surface area contributed by atoms with Gasteiger partial charge in [0.25, 0.3) is 12.0 Å². The summed E-state index contributed by atoms with van der Waals surface area (Å²) in [6.45, 7) is -1.34. The lowest BCUT2D eigenvalue weighted by molar-refractivity contribution is 0.123. The van der Waals surface area contributed by atoms with Crippen molar-refractivity contribution in [2.24, 2.45) is 0 Å². The maximum atomic E-state index is 14.7. The number of halogens is 6. The quantitative estimate of drug-likeness (QED) is 0.112. The van der Waals surface area contributed by atoms with Gasteiger partial charge >= 0.3 is 6.09 Å². The predicted molar refractivity (Wildman–Crippen MR) is 204 cm³/mol. The number of ether oxygens (including phenoxy) is 1. The smallest absolute Gasteiger partial charge is 0.405 e. The first-order chi connectivity index (χ1) is 26.6. The predicted octanol–water partition coefficient (Wildman–Crippen LogP) is 7.75. The number of fused-ring (bicyclic) bond motifs is 2. The van der Waals surface area contributed by atoms with E-state index in [4.69, 9.17) is 16.3 Å². The number of nitrogens with zero attached hydrogens (tertiary/aromatic N) is 5. The minimum atomic E-state index is -4.16. The Morgan fingerprint density at radius 2 is 1.75 bits per heavy atom. The number of alkyl halides is 2. The zero-order valence-electron chi connectivity index (χ0n) is 29.1. The summed E-state index contributed by atoms with van der Waals surface area (Å²) in [6.07, 6.45) is -4.30. The fourth-order valence-electron chi connectivity index (χ4n) is 6.55. The van der Waals surface area contributed by atoms with Gasteiger partial charge in [-0.1, -0.05) is 39.7 Å². The third-order valence-electron chi connectivity index (χ3n) is 9.16. The van der Waals surface area contributed by atoms with Crippen LogP contribution in [0.5, 0.6) is 5.75 Å². The molecule has 0 bridgehead atoms. The van der Waals surface area contributed by atoms with Crippen LogP contribution < -0.4 is 19.9 Å². The summed E-state index contributed by atoms with van der Waals surface area (Å²) in [7, 11) is -2.68. The number of benzene rings is 4. The maximum absolute atomic E-state index is 14.7. The first kappa shape index (κ1) is 39.1. The van der Waals surface area contributed by atoms with Crippen LogP contribution in [-0.2, 0) is 29.5 Å². The summed E-state index contributed by atoms with van der Waals surface area (Å²) >= 11 is 10.2. The number of carbonyl (C=O) groups is 1. The van der Waals surface area contributed by atoms with E-state index in [-0.39, 0.29) is 56.3 Å². The average Bonchev–Trinajstić information content (AvgIpc) is 3.93. The lowest BCUT2D eigenvalue weighted by atomic mass is 10.0. The van der Waals surface area contributed by atoms with Gasteiger partial charge in [-0.3, -0.25) is 14.0 Å². The molecule has 56 heavy (non-hydrogen) atoms. The van der Waals surface area contributed by atoms with E-state index in [0.29, 0.717) is 34.7 Å². The van der Waals surface area contributed by atoms with Gasteiger partial charge in [0.2, 0.25) is 10.0 Å². The van der Waals surface area contributed by atoms with Crippen LogP contribution in [0, 0.1) is 11.6 Å². The molecule has 2 heterocycles. The Kier molecular flexibility index (Phi) is 10.7. The summed E-state index contributed by atoms with van der Waals surface area (Å²) in [4.78, 5) is 31.6. The van der Waals surface area contributed by atoms with Crippen molar-refractivity contribution in [1.29, 1.82) is 0 Å². The maximum Gasteiger partial charge on any atom is 0.405 e. The van der Waals surface area contributed by atoms with E-state index in [9.17, 15) is 40.7 Å². The standard InChI is InChI=1S/C37H30BrClF4N6O6S/c1-55-24-5-2-19(3-6-24)17-48(56(53,54)25-7-8-25)35-32-27(39)10-11-30(33(32)47(46-35)18-31(42)43)49-34(44-28-15-21(38)4-9-26(28)36(49)50)29(45-37(51)52)14-20-12-22(40)16-23(41)13-20/h2-6,9-13,15-16,25,29,31,45H,7-8,14,17-18H2,1H3,(H,51,52)/t29-/m0/s1. The Morgan fingerprint density at radius 3 is 2.38 bits per heavy atom. The Bertz CT molecular complexity index is 2660. The fourth-order valence-corrected chi connectivity index (χ4v) is 8.93. The second-order valence-electron chi connectivity index (χ2n) is 13.0. The zero-order chi connectivity index (χ0) is 40.1. The summed E-state index contributed by atoms with van der Waals surface area (Å²) in [6, 6.07) is 14.9. The molecule has 12 nitrogen and oxygen atoms in total. The molecule has 1 aliphatic carbocycles. The summed E-state index contributed by atoms with van der Waals surface area (Å²) in [5, 5.41) is 15.7. The van der Waals surface area contributed by atoms with Crippen LogP contribution in [0.25, 0.3) is 27.5 Å². The monoisotopic (exact) mass is 876 g/mol. The van der Waals surface area contributed by atoms with Gasteiger partial charge in [0.15, 0.2) is 5.82 Å². The number of anilines is 1. The molecule has 4 aromatic carbocycles. The zero-order valence-corrected chi connectivity index (χ0v) is 32.3. The Morgan fingerprint density at radius 1 is 1.05 bits per heavy atom. The molecule has 0 radical (unpaired) electrons. The molecule has 1 amide bonds. The van der Waals surface area contributed by atoms with Crippen LogP contribution in [-0.4, -0.2) is 57.7 Å². The van der Waals surface area contributed by atoms with Crippen molar-refractivity contribution < 1.29 is 40.6 Å². The summed E-state index contributed by atoms with van der Waals surface area (Å²) < 4.78 is 94.4. The van der Waals surface area contributed by atoms with E-state index in [1.54, 1.807) is 30.3 Å². The van der Waals surface area contributed by atoms with Crippen LogP contribution in [0.2, 0.25) is 5.02 Å². The lowest BCUT2D eigenvalue weighted by Crippen LogP contribution is -2.35. The normalized spacial score (nSPS) is 13.7. The van der Waals surface area contributed by atoms with E-state index in [1.807, 2.05) is 0 Å². The molecule has 0 unspecified atom stereocenters. The topological polar surface area (TPSA) is 149 Å². The molecule has 0 aliphatic heterocycles. The van der Waals surface area contributed by atoms with E-state index < -0.39 is 64.0 Å². The number of aromatic nitrogens is 4. The van der Waals surface area contributed by atoms with Crippen LogP contribution in [0.4, 0.5) is 28.2 Å². The highest BCUT2D eigenvalue weighted by Crippen LogP contribution is 2.42. The van der Waals surface area contributed by atoms with E-state index >= 15 is 0 Å². The molecule has 19 heteroatoms. The third kappa shape index (κ3) is 7.77. The van der Waals surface area contributed by atoms with Crippen molar-refractivity contribution in [3.63, 3.8) is 0 Å². The van der Waals surface area contributed by atoms with Gasteiger partial charge in [-0.2, -0.15) is 5.10 Å². The van der Waals surface area contributed by atoms with E-state index in [2.05, 4.69) is 31.3 Å². The van der Waals surface area contributed by atoms with Crippen molar-refractivity contribution in [3.8, 4) is 11.4 Å². The summed E-state index contributed by atoms with van der Waals surface area (Å²) in [5.41, 5.74) is -0.508. The SMILES string of the molecule is COc1ccc(CN(c2nn(CC(F)F)c3c(-n4c([C@H](Cc5cc(F)cc(F)c5)NC(=O)O)nc5cc(Br)ccc5c4=O)ccc(Cl)c23)S(=O)(=O)C2CC2)cc1. The highest BCUT2D eigenvalue weighted by molar-refractivity contribution is 9.10. The number of hydrogen-bond donors (Lipinski definition) is 2. The minimum Gasteiger partial charge on any atom is -0.497 e. The molecule has 2 aromatic heterocycles. The van der Waals surface area contributed by atoms with Gasteiger partial charge in [-0.25, -0.2) is 40.1 Å². The van der Waals surface area contributed by atoms with Crippen LogP contribution in [0.3, 0.4) is 0 Å². The molecule has 1 atom stereocenters. The Hall–Kier alpha value is -5.20. The van der Waals surface area contributed by atoms with Gasteiger partial charge in [0, 0.05) is 17.0 Å². The molecule has 0 saturated heterocycles. The largest absolute Gasteiger partial charge is 0.497 e. The third-order valence-corrected chi connectivity index (χ3v) is 12.2. The van der Waals surface area contributed by atoms with Crippen molar-refractivity contribution >= 4 is 71.3 Å². The molecular formula is C37H30BrClF4N6O6S. The number of nitrogens with one attached hydrogen (secondary N) is 1. The molecule has 1 aliphatic rings. The number of methoxy groups -OCH3 is 1. The molecule has 0 spiro atoms. The average molecular weight is 878 g/mol. The van der Waals surface area contributed by atoms with Gasteiger partial charge < -0.3 is 15.2 Å².